The Kier molecular flexibility index (Phi) is 5.24. The topological polar surface area (TPSA) is 65.8 Å². The molecular weight excluding hydrogens is 178 g/mol. The van der Waals surface area contributed by atoms with Crippen LogP contribution >= 0.6 is 0 Å². The summed E-state index contributed by atoms with van der Waals surface area (Å²) in [5.74, 6) is 0.200. The van der Waals surface area contributed by atoms with Gasteiger partial charge in [0.25, 0.3) is 0 Å². The van der Waals surface area contributed by atoms with Crippen molar-refractivity contribution in [2.24, 2.45) is 11.0 Å². The van der Waals surface area contributed by atoms with Gasteiger partial charge in [0.1, 0.15) is 5.78 Å². The first kappa shape index (κ1) is 13.0. The lowest BCUT2D eigenvalue weighted by Gasteiger charge is -2.25. The summed E-state index contributed by atoms with van der Waals surface area (Å²) in [6, 6.07) is 0. The van der Waals surface area contributed by atoms with Crippen molar-refractivity contribution >= 4 is 5.78 Å². The van der Waals surface area contributed by atoms with Gasteiger partial charge < -0.3 is 0 Å². The molecule has 0 aliphatic heterocycles. The van der Waals surface area contributed by atoms with Gasteiger partial charge in [-0.25, -0.2) is 0 Å². The largest absolute Gasteiger partial charge is 0.300 e. The maximum Gasteiger partial charge on any atom is 0.132 e. The van der Waals surface area contributed by atoms with E-state index >= 15 is 0 Å². The van der Waals surface area contributed by atoms with Crippen LogP contribution in [0.4, 0.5) is 0 Å². The number of azide groups is 1. The summed E-state index contributed by atoms with van der Waals surface area (Å²) in [5.41, 5.74) is 8.02. The van der Waals surface area contributed by atoms with E-state index in [1.54, 1.807) is 6.92 Å². The maximum absolute atomic E-state index is 11.2. The Balaban J connectivity index is 4.57. The Hall–Kier alpha value is -1.02. The molecule has 0 aromatic rings. The Morgan fingerprint density at radius 3 is 2.43 bits per heavy atom. The van der Waals surface area contributed by atoms with E-state index in [4.69, 9.17) is 5.53 Å². The predicted octanol–water partition coefficient (Wildman–Crippen LogP) is 3.47. The second-order valence-electron chi connectivity index (χ2n) is 3.96. The highest BCUT2D eigenvalue weighted by atomic mass is 16.1. The van der Waals surface area contributed by atoms with Gasteiger partial charge in [-0.3, -0.25) is 4.79 Å². The molecule has 4 heteroatoms. The summed E-state index contributed by atoms with van der Waals surface area (Å²) < 4.78 is 0. The standard InChI is InChI=1S/C10H19N3O/c1-5-9(8(3)14)7-10(4,6-2)12-13-11/h9H,5-7H2,1-4H3. The molecule has 4 nitrogen and oxygen atoms in total. The van der Waals surface area contributed by atoms with E-state index in [1.807, 2.05) is 20.8 Å². The highest BCUT2D eigenvalue weighted by Gasteiger charge is 2.26. The Morgan fingerprint density at radius 1 is 1.57 bits per heavy atom. The first-order chi connectivity index (χ1) is 6.49. The van der Waals surface area contributed by atoms with Gasteiger partial charge in [0, 0.05) is 16.4 Å². The van der Waals surface area contributed by atoms with Crippen LogP contribution < -0.4 is 0 Å². The van der Waals surface area contributed by atoms with E-state index in [1.165, 1.54) is 0 Å². The number of carbonyl (C=O) groups is 1. The number of ketones is 1. The molecule has 0 aliphatic carbocycles. The molecule has 0 rings (SSSR count). The van der Waals surface area contributed by atoms with Crippen molar-refractivity contribution in [2.75, 3.05) is 0 Å². The zero-order valence-corrected chi connectivity index (χ0v) is 9.45. The number of Topliss-reactive ketones (excluding diaryl/α,β-unsaturated/α-hetero) is 1. The molecule has 0 amide bonds. The van der Waals surface area contributed by atoms with E-state index in [0.29, 0.717) is 6.42 Å². The summed E-state index contributed by atoms with van der Waals surface area (Å²) in [4.78, 5) is 14.1. The zero-order valence-electron chi connectivity index (χ0n) is 9.45. The number of rotatable bonds is 6. The van der Waals surface area contributed by atoms with Crippen molar-refractivity contribution < 1.29 is 4.79 Å². The fourth-order valence-corrected chi connectivity index (χ4v) is 1.47. The van der Waals surface area contributed by atoms with Crippen LogP contribution in [0.1, 0.15) is 47.0 Å². The van der Waals surface area contributed by atoms with Gasteiger partial charge >= 0.3 is 0 Å². The zero-order chi connectivity index (χ0) is 11.2. The maximum atomic E-state index is 11.2. The number of hydrogen-bond donors (Lipinski definition) is 0. The van der Waals surface area contributed by atoms with Crippen LogP contribution in [0, 0.1) is 5.92 Å². The van der Waals surface area contributed by atoms with Gasteiger partial charge in [-0.05, 0) is 31.7 Å². The van der Waals surface area contributed by atoms with E-state index < -0.39 is 5.54 Å². The molecule has 0 aromatic carbocycles. The lowest BCUT2D eigenvalue weighted by Crippen LogP contribution is -2.27. The van der Waals surface area contributed by atoms with Gasteiger partial charge in [-0.15, -0.1) is 0 Å². The fraction of sp³-hybridized carbons (Fsp3) is 0.900. The number of hydrogen-bond acceptors (Lipinski definition) is 2. The molecule has 0 aliphatic rings. The minimum atomic E-state index is -0.416. The molecule has 0 radical (unpaired) electrons. The molecular formula is C10H19N3O. The van der Waals surface area contributed by atoms with Crippen molar-refractivity contribution in [1.82, 2.24) is 0 Å². The summed E-state index contributed by atoms with van der Waals surface area (Å²) in [5, 5.41) is 3.77. The minimum Gasteiger partial charge on any atom is -0.300 e. The summed E-state index contributed by atoms with van der Waals surface area (Å²) >= 11 is 0. The third-order valence-electron chi connectivity index (χ3n) is 2.80. The molecule has 0 bridgehead atoms. The highest BCUT2D eigenvalue weighted by molar-refractivity contribution is 5.78. The predicted molar refractivity (Wildman–Crippen MR) is 56.9 cm³/mol. The Labute approximate surface area is 85.3 Å². The minimum absolute atomic E-state index is 0.0189. The van der Waals surface area contributed by atoms with E-state index in [9.17, 15) is 4.79 Å². The van der Waals surface area contributed by atoms with Gasteiger partial charge in [-0.1, -0.05) is 25.9 Å². The molecule has 0 saturated carbocycles. The molecule has 0 spiro atoms. The highest BCUT2D eigenvalue weighted by Crippen LogP contribution is 2.27. The van der Waals surface area contributed by atoms with E-state index in [0.717, 1.165) is 12.8 Å². The Bertz CT molecular complexity index is 246. The first-order valence-electron chi connectivity index (χ1n) is 5.05. The molecule has 0 N–H and O–H groups in total. The third kappa shape index (κ3) is 3.79. The van der Waals surface area contributed by atoms with Crippen LogP contribution in [0.25, 0.3) is 10.4 Å². The van der Waals surface area contributed by atoms with Crippen molar-refractivity contribution in [3.63, 3.8) is 0 Å². The summed E-state index contributed by atoms with van der Waals surface area (Å²) in [7, 11) is 0. The van der Waals surface area contributed by atoms with Crippen LogP contribution in [0.3, 0.4) is 0 Å². The van der Waals surface area contributed by atoms with Crippen molar-refractivity contribution in [3.05, 3.63) is 10.4 Å². The van der Waals surface area contributed by atoms with Gasteiger partial charge in [0.2, 0.25) is 0 Å². The smallest absolute Gasteiger partial charge is 0.132 e. The average Bonchev–Trinajstić information content (AvgIpc) is 2.14. The molecule has 2 atom stereocenters. The molecule has 0 heterocycles. The SMILES string of the molecule is CCC(CC(C)(CC)N=[N+]=[N-])C(C)=O. The van der Waals surface area contributed by atoms with Gasteiger partial charge in [-0.2, -0.15) is 0 Å². The van der Waals surface area contributed by atoms with Crippen molar-refractivity contribution in [3.8, 4) is 0 Å². The van der Waals surface area contributed by atoms with Crippen molar-refractivity contribution in [2.45, 2.75) is 52.5 Å². The van der Waals surface area contributed by atoms with E-state index in [-0.39, 0.29) is 11.7 Å². The number of nitrogens with zero attached hydrogens (tertiary/aromatic N) is 3. The average molecular weight is 197 g/mol. The van der Waals surface area contributed by atoms with Crippen molar-refractivity contribution in [1.29, 1.82) is 0 Å². The first-order valence-corrected chi connectivity index (χ1v) is 5.05. The molecule has 0 aromatic heterocycles. The van der Waals surface area contributed by atoms with E-state index in [2.05, 4.69) is 10.0 Å². The molecule has 80 valence electrons. The summed E-state index contributed by atoms with van der Waals surface area (Å²) in [6.45, 7) is 7.46. The second kappa shape index (κ2) is 5.66. The lowest BCUT2D eigenvalue weighted by atomic mass is 9.84. The third-order valence-corrected chi connectivity index (χ3v) is 2.80. The molecule has 0 fully saturated rings. The molecule has 14 heavy (non-hydrogen) atoms. The number of carbonyl (C=O) groups excluding carboxylic acids is 1. The molecule has 0 saturated heterocycles. The molecule has 2 unspecified atom stereocenters. The normalized spacial score (nSPS) is 16.6. The second-order valence-corrected chi connectivity index (χ2v) is 3.96. The lowest BCUT2D eigenvalue weighted by molar-refractivity contribution is -0.121. The van der Waals surface area contributed by atoms with Crippen LogP contribution in [0.2, 0.25) is 0 Å². The van der Waals surface area contributed by atoms with Crippen LogP contribution in [0.5, 0.6) is 0 Å². The quantitative estimate of drug-likeness (QED) is 0.365. The Morgan fingerprint density at radius 2 is 2.14 bits per heavy atom. The van der Waals surface area contributed by atoms with Crippen LogP contribution in [0.15, 0.2) is 5.11 Å². The van der Waals surface area contributed by atoms with Crippen LogP contribution in [-0.2, 0) is 4.79 Å². The summed E-state index contributed by atoms with van der Waals surface area (Å²) in [6.07, 6.45) is 2.23. The monoisotopic (exact) mass is 197 g/mol. The fourth-order valence-electron chi connectivity index (χ4n) is 1.47. The van der Waals surface area contributed by atoms with Gasteiger partial charge in [0.15, 0.2) is 0 Å². The van der Waals surface area contributed by atoms with Crippen LogP contribution in [-0.4, -0.2) is 11.3 Å². The van der Waals surface area contributed by atoms with Gasteiger partial charge in [0.05, 0.1) is 0 Å².